The summed E-state index contributed by atoms with van der Waals surface area (Å²) >= 11 is 0. The van der Waals surface area contributed by atoms with Gasteiger partial charge in [0.25, 0.3) is 0 Å². The lowest BCUT2D eigenvalue weighted by Gasteiger charge is -2.21. The van der Waals surface area contributed by atoms with Crippen LogP contribution in [0.2, 0.25) is 0 Å². The lowest BCUT2D eigenvalue weighted by atomic mass is 10.0. The maximum absolute atomic E-state index is 10.2. The number of aliphatic hydroxyl groups is 1. The summed E-state index contributed by atoms with van der Waals surface area (Å²) in [4.78, 5) is 6.32. The van der Waals surface area contributed by atoms with Gasteiger partial charge >= 0.3 is 0 Å². The Morgan fingerprint density at radius 2 is 2.07 bits per heavy atom. The van der Waals surface area contributed by atoms with Gasteiger partial charge in [-0.3, -0.25) is 4.99 Å². The van der Waals surface area contributed by atoms with Gasteiger partial charge in [0, 0.05) is 17.8 Å². The van der Waals surface area contributed by atoms with Crippen molar-refractivity contribution in [2.75, 3.05) is 18.0 Å². The average Bonchev–Trinajstić information content (AvgIpc) is 2.84. The molecule has 1 saturated carbocycles. The van der Waals surface area contributed by atoms with E-state index < -0.39 is 5.60 Å². The van der Waals surface area contributed by atoms with Crippen molar-refractivity contribution < 1.29 is 5.11 Å². The van der Waals surface area contributed by atoms with E-state index in [0.717, 1.165) is 37.2 Å². The summed E-state index contributed by atoms with van der Waals surface area (Å²) in [5, 5.41) is 10.2. The van der Waals surface area contributed by atoms with Crippen LogP contribution in [0.15, 0.2) is 29.3 Å². The van der Waals surface area contributed by atoms with E-state index in [1.807, 2.05) is 24.5 Å². The standard InChI is InChI=1S/C12H14N2O/c15-12(5-6-12)10-3-1-2-4-11(10)14-8-7-13-9-14/h1-4,9,15H,5-8H2. The molecule has 0 amide bonds. The van der Waals surface area contributed by atoms with Crippen LogP contribution in [0.3, 0.4) is 0 Å². The van der Waals surface area contributed by atoms with Crippen LogP contribution in [0.5, 0.6) is 0 Å². The highest BCUT2D eigenvalue weighted by Gasteiger charge is 2.44. The summed E-state index contributed by atoms with van der Waals surface area (Å²) < 4.78 is 0. The fourth-order valence-electron chi connectivity index (χ4n) is 2.07. The fourth-order valence-corrected chi connectivity index (χ4v) is 2.07. The molecule has 0 atom stereocenters. The Morgan fingerprint density at radius 1 is 1.27 bits per heavy atom. The second kappa shape index (κ2) is 3.07. The maximum Gasteiger partial charge on any atom is 0.0919 e. The molecule has 3 nitrogen and oxygen atoms in total. The lowest BCUT2D eigenvalue weighted by Crippen LogP contribution is -2.22. The topological polar surface area (TPSA) is 35.8 Å². The predicted molar refractivity (Wildman–Crippen MR) is 60.3 cm³/mol. The lowest BCUT2D eigenvalue weighted by molar-refractivity contribution is 0.152. The van der Waals surface area contributed by atoms with E-state index in [1.165, 1.54) is 0 Å². The SMILES string of the molecule is OC1(c2ccccc2N2C=NCC2)CC1. The van der Waals surface area contributed by atoms with Crippen molar-refractivity contribution in [3.8, 4) is 0 Å². The Balaban J connectivity index is 2.02. The van der Waals surface area contributed by atoms with Crippen LogP contribution < -0.4 is 4.90 Å². The largest absolute Gasteiger partial charge is 0.385 e. The van der Waals surface area contributed by atoms with Gasteiger partial charge in [-0.15, -0.1) is 0 Å². The first-order chi connectivity index (χ1) is 7.30. The van der Waals surface area contributed by atoms with E-state index in [0.29, 0.717) is 0 Å². The molecule has 3 rings (SSSR count). The quantitative estimate of drug-likeness (QED) is 0.789. The van der Waals surface area contributed by atoms with Crippen LogP contribution >= 0.6 is 0 Å². The molecule has 0 spiro atoms. The average molecular weight is 202 g/mol. The van der Waals surface area contributed by atoms with Gasteiger partial charge < -0.3 is 10.0 Å². The molecule has 0 radical (unpaired) electrons. The third-order valence-electron chi connectivity index (χ3n) is 3.13. The van der Waals surface area contributed by atoms with E-state index in [2.05, 4.69) is 16.0 Å². The smallest absolute Gasteiger partial charge is 0.0919 e. The molecule has 2 aliphatic rings. The number of hydrogen-bond acceptors (Lipinski definition) is 3. The van der Waals surface area contributed by atoms with Gasteiger partial charge in [0.2, 0.25) is 0 Å². The van der Waals surface area contributed by atoms with Crippen LogP contribution in [-0.2, 0) is 5.60 Å². The van der Waals surface area contributed by atoms with E-state index in [1.54, 1.807) is 0 Å². The molecule has 3 heteroatoms. The predicted octanol–water partition coefficient (Wildman–Crippen LogP) is 1.52. The molecule has 1 N–H and O–H groups in total. The molecule has 1 fully saturated rings. The molecule has 1 heterocycles. The van der Waals surface area contributed by atoms with Gasteiger partial charge in [-0.2, -0.15) is 0 Å². The summed E-state index contributed by atoms with van der Waals surface area (Å²) in [7, 11) is 0. The molecule has 1 aromatic carbocycles. The molecule has 0 bridgehead atoms. The van der Waals surface area contributed by atoms with E-state index in [-0.39, 0.29) is 0 Å². The van der Waals surface area contributed by atoms with Gasteiger partial charge in [0.05, 0.1) is 18.5 Å². The number of benzene rings is 1. The Hall–Kier alpha value is -1.35. The summed E-state index contributed by atoms with van der Waals surface area (Å²) in [5.74, 6) is 0. The van der Waals surface area contributed by atoms with Crippen LogP contribution in [0.1, 0.15) is 18.4 Å². The number of anilines is 1. The highest BCUT2D eigenvalue weighted by atomic mass is 16.3. The van der Waals surface area contributed by atoms with Crippen molar-refractivity contribution in [1.82, 2.24) is 0 Å². The first kappa shape index (κ1) is 8.92. The molecule has 0 unspecified atom stereocenters. The Kier molecular flexibility index (Phi) is 1.83. The minimum absolute atomic E-state index is 0.562. The van der Waals surface area contributed by atoms with Gasteiger partial charge in [-0.25, -0.2) is 0 Å². The molecule has 15 heavy (non-hydrogen) atoms. The molecular formula is C12H14N2O. The molecule has 0 saturated heterocycles. The summed E-state index contributed by atoms with van der Waals surface area (Å²) in [6, 6.07) is 8.08. The summed E-state index contributed by atoms with van der Waals surface area (Å²) in [5.41, 5.74) is 1.60. The Morgan fingerprint density at radius 3 is 2.73 bits per heavy atom. The number of para-hydroxylation sites is 1. The van der Waals surface area contributed by atoms with Gasteiger partial charge in [0.1, 0.15) is 0 Å². The van der Waals surface area contributed by atoms with Crippen molar-refractivity contribution in [3.05, 3.63) is 29.8 Å². The number of rotatable bonds is 2. The zero-order valence-electron chi connectivity index (χ0n) is 8.56. The zero-order chi connectivity index (χ0) is 10.3. The van der Waals surface area contributed by atoms with Crippen molar-refractivity contribution in [1.29, 1.82) is 0 Å². The highest BCUT2D eigenvalue weighted by Crippen LogP contribution is 2.48. The molecule has 1 aliphatic heterocycles. The maximum atomic E-state index is 10.2. The first-order valence-corrected chi connectivity index (χ1v) is 5.38. The van der Waals surface area contributed by atoms with E-state index >= 15 is 0 Å². The summed E-state index contributed by atoms with van der Waals surface area (Å²) in [6.07, 6.45) is 3.63. The number of hydrogen-bond donors (Lipinski definition) is 1. The van der Waals surface area contributed by atoms with Crippen molar-refractivity contribution in [2.24, 2.45) is 4.99 Å². The van der Waals surface area contributed by atoms with Crippen molar-refractivity contribution >= 4 is 12.0 Å². The first-order valence-electron chi connectivity index (χ1n) is 5.38. The molecule has 1 aromatic rings. The molecule has 78 valence electrons. The van der Waals surface area contributed by atoms with Crippen LogP contribution in [0, 0.1) is 0 Å². The van der Waals surface area contributed by atoms with Crippen molar-refractivity contribution in [2.45, 2.75) is 18.4 Å². The number of aliphatic imine (C=N–C) groups is 1. The fraction of sp³-hybridized carbons (Fsp3) is 0.417. The second-order valence-electron chi connectivity index (χ2n) is 4.26. The molecular weight excluding hydrogens is 188 g/mol. The molecule has 1 aliphatic carbocycles. The van der Waals surface area contributed by atoms with Crippen LogP contribution in [0.4, 0.5) is 5.69 Å². The van der Waals surface area contributed by atoms with Gasteiger partial charge in [0.15, 0.2) is 0 Å². The second-order valence-corrected chi connectivity index (χ2v) is 4.26. The number of nitrogens with zero attached hydrogens (tertiary/aromatic N) is 2. The normalized spacial score (nSPS) is 22.1. The molecule has 0 aromatic heterocycles. The highest BCUT2D eigenvalue weighted by molar-refractivity contribution is 5.83. The van der Waals surface area contributed by atoms with Crippen molar-refractivity contribution in [3.63, 3.8) is 0 Å². The Bertz CT molecular complexity index is 410. The van der Waals surface area contributed by atoms with Crippen LogP contribution in [0.25, 0.3) is 0 Å². The third-order valence-corrected chi connectivity index (χ3v) is 3.13. The van der Waals surface area contributed by atoms with Crippen LogP contribution in [-0.4, -0.2) is 24.5 Å². The van der Waals surface area contributed by atoms with Gasteiger partial charge in [-0.05, 0) is 18.9 Å². The minimum atomic E-state index is -0.562. The Labute approximate surface area is 89.1 Å². The zero-order valence-corrected chi connectivity index (χ0v) is 8.56. The van der Waals surface area contributed by atoms with E-state index in [4.69, 9.17) is 0 Å². The third kappa shape index (κ3) is 1.43. The minimum Gasteiger partial charge on any atom is -0.385 e. The van der Waals surface area contributed by atoms with Gasteiger partial charge in [-0.1, -0.05) is 18.2 Å². The van der Waals surface area contributed by atoms with E-state index in [9.17, 15) is 5.11 Å². The summed E-state index contributed by atoms with van der Waals surface area (Å²) in [6.45, 7) is 1.78. The monoisotopic (exact) mass is 202 g/mol.